The van der Waals surface area contributed by atoms with Crippen LogP contribution >= 0.6 is 0 Å². The second-order valence-electron chi connectivity index (χ2n) is 10.9. The third-order valence-corrected chi connectivity index (χ3v) is 7.90. The molecule has 33 heavy (non-hydrogen) atoms. The summed E-state index contributed by atoms with van der Waals surface area (Å²) in [6.07, 6.45) is 6.68. The van der Waals surface area contributed by atoms with Gasteiger partial charge in [0.05, 0.1) is 11.6 Å². The minimum atomic E-state index is -0.817. The molecule has 4 heterocycles. The molecule has 1 atom stereocenters. The zero-order valence-electron chi connectivity index (χ0n) is 19.4. The number of hydrogen-bond donors (Lipinski definition) is 2. The molecule has 2 N–H and O–H groups in total. The van der Waals surface area contributed by atoms with E-state index in [2.05, 4.69) is 59.1 Å². The average molecular weight is 447 g/mol. The summed E-state index contributed by atoms with van der Waals surface area (Å²) >= 11 is 0. The van der Waals surface area contributed by atoms with E-state index in [1.54, 1.807) is 11.2 Å². The maximum absolute atomic E-state index is 11.7. The fraction of sp³-hybridized carbons (Fsp3) is 0.520. The Morgan fingerprint density at radius 1 is 1.18 bits per heavy atom. The number of fused-ring (bicyclic) bond motifs is 3. The Balaban J connectivity index is 1.60. The van der Waals surface area contributed by atoms with Crippen molar-refractivity contribution in [3.8, 4) is 0 Å². The topological polar surface area (TPSA) is 98.2 Å². The molecule has 172 valence electrons. The largest absolute Gasteiger partial charge is 0.465 e. The van der Waals surface area contributed by atoms with Crippen molar-refractivity contribution in [2.75, 3.05) is 18.0 Å². The second-order valence-corrected chi connectivity index (χ2v) is 10.9. The third kappa shape index (κ3) is 2.96. The molecular formula is C25H30N6O2. The highest BCUT2D eigenvalue weighted by atomic mass is 16.4. The van der Waals surface area contributed by atoms with Gasteiger partial charge in [-0.15, -0.1) is 0 Å². The monoisotopic (exact) mass is 446 g/mol. The van der Waals surface area contributed by atoms with E-state index in [9.17, 15) is 9.90 Å². The van der Waals surface area contributed by atoms with Crippen molar-refractivity contribution in [3.63, 3.8) is 0 Å². The lowest BCUT2D eigenvalue weighted by Crippen LogP contribution is -2.53. The van der Waals surface area contributed by atoms with Crippen molar-refractivity contribution in [1.82, 2.24) is 25.1 Å². The summed E-state index contributed by atoms with van der Waals surface area (Å²) in [6, 6.07) is 6.91. The summed E-state index contributed by atoms with van der Waals surface area (Å²) in [5.74, 6) is 1.47. The van der Waals surface area contributed by atoms with Gasteiger partial charge in [0.2, 0.25) is 0 Å². The number of nitrogens with zero attached hydrogens (tertiary/aromatic N) is 5. The Morgan fingerprint density at radius 2 is 1.94 bits per heavy atom. The van der Waals surface area contributed by atoms with Gasteiger partial charge in [0.15, 0.2) is 5.65 Å². The quantitative estimate of drug-likeness (QED) is 0.597. The summed E-state index contributed by atoms with van der Waals surface area (Å²) in [6.45, 7) is 7.95. The van der Waals surface area contributed by atoms with Gasteiger partial charge >= 0.3 is 6.09 Å². The van der Waals surface area contributed by atoms with E-state index in [4.69, 9.17) is 4.98 Å². The average Bonchev–Trinajstić information content (AvgIpc) is 3.43. The number of piperidine rings is 1. The van der Waals surface area contributed by atoms with Crippen LogP contribution in [-0.2, 0) is 10.8 Å². The van der Waals surface area contributed by atoms with Crippen LogP contribution in [0.2, 0.25) is 0 Å². The van der Waals surface area contributed by atoms with Gasteiger partial charge < -0.3 is 14.9 Å². The predicted octanol–water partition coefficient (Wildman–Crippen LogP) is 4.59. The summed E-state index contributed by atoms with van der Waals surface area (Å²) in [4.78, 5) is 24.9. The number of H-pyrrole nitrogens is 1. The van der Waals surface area contributed by atoms with E-state index in [1.165, 1.54) is 29.7 Å². The van der Waals surface area contributed by atoms with Crippen LogP contribution in [0.5, 0.6) is 0 Å². The van der Waals surface area contributed by atoms with E-state index in [0.29, 0.717) is 19.0 Å². The zero-order chi connectivity index (χ0) is 23.0. The number of carboxylic acid groups (broad SMARTS) is 1. The first kappa shape index (κ1) is 20.4. The van der Waals surface area contributed by atoms with Gasteiger partial charge in [-0.3, -0.25) is 5.10 Å². The van der Waals surface area contributed by atoms with E-state index < -0.39 is 6.09 Å². The molecular weight excluding hydrogens is 416 g/mol. The molecule has 2 fully saturated rings. The number of anilines is 2. The van der Waals surface area contributed by atoms with Crippen LogP contribution in [0.15, 0.2) is 30.7 Å². The lowest BCUT2D eigenvalue weighted by Gasteiger charge is -2.45. The van der Waals surface area contributed by atoms with Crippen LogP contribution in [0.4, 0.5) is 16.3 Å². The lowest BCUT2D eigenvalue weighted by atomic mass is 9.64. The molecule has 3 aliphatic rings. The molecule has 1 aromatic carbocycles. The van der Waals surface area contributed by atoms with Crippen LogP contribution in [-0.4, -0.2) is 55.4 Å². The van der Waals surface area contributed by atoms with Crippen molar-refractivity contribution < 1.29 is 9.90 Å². The molecule has 6 rings (SSSR count). The Bertz CT molecular complexity index is 1230. The summed E-state index contributed by atoms with van der Waals surface area (Å²) < 4.78 is 0. The van der Waals surface area contributed by atoms with Crippen molar-refractivity contribution in [3.05, 3.63) is 41.9 Å². The number of nitrogens with one attached hydrogen (secondary N) is 1. The minimum absolute atomic E-state index is 0.0248. The molecule has 8 heteroatoms. The van der Waals surface area contributed by atoms with Gasteiger partial charge in [0.25, 0.3) is 0 Å². The van der Waals surface area contributed by atoms with Crippen LogP contribution in [0.25, 0.3) is 11.0 Å². The molecule has 1 saturated carbocycles. The summed E-state index contributed by atoms with van der Waals surface area (Å²) in [5, 5.41) is 17.8. The highest BCUT2D eigenvalue weighted by Gasteiger charge is 2.59. The Kier molecular flexibility index (Phi) is 4.29. The zero-order valence-corrected chi connectivity index (χ0v) is 19.4. The molecule has 8 nitrogen and oxygen atoms in total. The van der Waals surface area contributed by atoms with E-state index >= 15 is 0 Å². The first-order valence-electron chi connectivity index (χ1n) is 11.9. The van der Waals surface area contributed by atoms with Gasteiger partial charge in [-0.1, -0.05) is 32.9 Å². The van der Waals surface area contributed by atoms with Crippen LogP contribution < -0.4 is 4.90 Å². The highest BCUT2D eigenvalue weighted by molar-refractivity contribution is 5.91. The number of aromatic nitrogens is 4. The lowest BCUT2D eigenvalue weighted by molar-refractivity contribution is 0.108. The van der Waals surface area contributed by atoms with E-state index in [-0.39, 0.29) is 16.9 Å². The number of amides is 1. The maximum Gasteiger partial charge on any atom is 0.407 e. The van der Waals surface area contributed by atoms with Crippen LogP contribution in [0.3, 0.4) is 0 Å². The van der Waals surface area contributed by atoms with Gasteiger partial charge in [-0.05, 0) is 54.2 Å². The van der Waals surface area contributed by atoms with Gasteiger partial charge in [0.1, 0.15) is 12.1 Å². The Morgan fingerprint density at radius 3 is 2.61 bits per heavy atom. The number of likely N-dealkylation sites (tertiary alicyclic amines) is 1. The molecule has 3 aromatic rings. The number of hydrogen-bond acceptors (Lipinski definition) is 5. The van der Waals surface area contributed by atoms with Gasteiger partial charge in [-0.2, -0.15) is 5.10 Å². The fourth-order valence-electron chi connectivity index (χ4n) is 6.34. The maximum atomic E-state index is 11.7. The number of carbonyl (C=O) groups is 1. The van der Waals surface area contributed by atoms with Crippen molar-refractivity contribution in [1.29, 1.82) is 0 Å². The number of rotatable bonds is 2. The Labute approximate surface area is 193 Å². The third-order valence-electron chi connectivity index (χ3n) is 7.90. The molecule has 1 spiro atoms. The SMILES string of the molecule is CC(C)(C)c1cccc2c1C1(CCN(C(=O)O)CC1)C(C1CC1)N2c1ncnc2[nH]ncc12. The molecule has 2 aliphatic heterocycles. The second kappa shape index (κ2) is 6.92. The van der Waals surface area contributed by atoms with Crippen LogP contribution in [0, 0.1) is 5.92 Å². The van der Waals surface area contributed by atoms with Crippen LogP contribution in [0.1, 0.15) is 57.6 Å². The highest BCUT2D eigenvalue weighted by Crippen LogP contribution is 2.61. The smallest absolute Gasteiger partial charge is 0.407 e. The normalized spacial score (nSPS) is 22.2. The number of benzene rings is 1. The minimum Gasteiger partial charge on any atom is -0.465 e. The summed E-state index contributed by atoms with van der Waals surface area (Å²) in [7, 11) is 0. The molecule has 1 amide bonds. The molecule has 0 bridgehead atoms. The van der Waals surface area contributed by atoms with Gasteiger partial charge in [0, 0.05) is 30.2 Å². The first-order chi connectivity index (χ1) is 15.8. The molecule has 2 aromatic heterocycles. The first-order valence-corrected chi connectivity index (χ1v) is 11.9. The number of aromatic amines is 1. The van der Waals surface area contributed by atoms with Crippen molar-refractivity contribution >= 4 is 28.6 Å². The van der Waals surface area contributed by atoms with E-state index in [0.717, 1.165) is 29.7 Å². The Hall–Kier alpha value is -3.16. The van der Waals surface area contributed by atoms with Gasteiger partial charge in [-0.25, -0.2) is 14.8 Å². The van der Waals surface area contributed by atoms with Crippen molar-refractivity contribution in [2.24, 2.45) is 5.92 Å². The fourth-order valence-corrected chi connectivity index (χ4v) is 6.34. The molecule has 0 radical (unpaired) electrons. The molecule has 1 saturated heterocycles. The van der Waals surface area contributed by atoms with E-state index in [1.807, 2.05) is 6.20 Å². The van der Waals surface area contributed by atoms with Crippen molar-refractivity contribution in [2.45, 2.75) is 63.3 Å². The molecule has 1 unspecified atom stereocenters. The molecule has 1 aliphatic carbocycles. The predicted molar refractivity (Wildman–Crippen MR) is 126 cm³/mol. The summed E-state index contributed by atoms with van der Waals surface area (Å²) in [5.41, 5.74) is 4.58. The standard InChI is InChI=1S/C25H30N6O2/c1-24(2,3)17-5-4-6-18-19(17)25(9-11-30(12-10-25)23(32)33)20(15-7-8-15)31(18)22-16-13-28-29-21(16)26-14-27-22/h4-6,13-15,20H,7-12H2,1-3H3,(H,32,33)(H,26,27,28,29).